The number of benzene rings is 2. The number of likely N-dealkylation sites (N-methyl/N-ethyl adjacent to an activating group) is 1. The number of rotatable bonds is 8. The van der Waals surface area contributed by atoms with Gasteiger partial charge >= 0.3 is 0 Å². The van der Waals surface area contributed by atoms with Gasteiger partial charge in [0.1, 0.15) is 5.82 Å². The van der Waals surface area contributed by atoms with Crippen molar-refractivity contribution in [3.63, 3.8) is 0 Å². The molecule has 0 aliphatic carbocycles. The zero-order valence-corrected chi connectivity index (χ0v) is 21.3. The van der Waals surface area contributed by atoms with Crippen LogP contribution in [0.15, 0.2) is 60.7 Å². The lowest BCUT2D eigenvalue weighted by atomic mass is 9.92. The van der Waals surface area contributed by atoms with Crippen LogP contribution < -0.4 is 5.32 Å². The van der Waals surface area contributed by atoms with E-state index in [2.05, 4.69) is 26.1 Å². The molecular weight excluding hydrogens is 448 g/mol. The van der Waals surface area contributed by atoms with Crippen LogP contribution in [-0.2, 0) is 15.0 Å². The van der Waals surface area contributed by atoms with Gasteiger partial charge in [0.05, 0.1) is 28.9 Å². The van der Waals surface area contributed by atoms with E-state index in [1.807, 2.05) is 68.4 Å². The van der Waals surface area contributed by atoms with E-state index in [9.17, 15) is 9.59 Å². The van der Waals surface area contributed by atoms with Crippen molar-refractivity contribution in [3.8, 4) is 5.69 Å². The molecule has 0 bridgehead atoms. The van der Waals surface area contributed by atoms with E-state index in [-0.39, 0.29) is 29.7 Å². The molecule has 0 aliphatic rings. The number of hydrogen-bond donors (Lipinski definition) is 1. The first-order valence-corrected chi connectivity index (χ1v) is 12.0. The van der Waals surface area contributed by atoms with E-state index in [4.69, 9.17) is 16.7 Å². The van der Waals surface area contributed by atoms with Crippen molar-refractivity contribution in [1.82, 2.24) is 14.7 Å². The van der Waals surface area contributed by atoms with Crippen LogP contribution in [0.3, 0.4) is 0 Å². The Morgan fingerprint density at radius 2 is 1.71 bits per heavy atom. The predicted molar refractivity (Wildman–Crippen MR) is 138 cm³/mol. The lowest BCUT2D eigenvalue weighted by Crippen LogP contribution is -2.40. The fourth-order valence-electron chi connectivity index (χ4n) is 3.80. The van der Waals surface area contributed by atoms with Gasteiger partial charge in [0.2, 0.25) is 11.8 Å². The zero-order chi connectivity index (χ0) is 24.9. The van der Waals surface area contributed by atoms with Crippen molar-refractivity contribution in [2.75, 3.05) is 18.4 Å². The highest BCUT2D eigenvalue weighted by atomic mass is 35.5. The Morgan fingerprint density at radius 1 is 1.06 bits per heavy atom. The number of aromatic nitrogens is 2. The van der Waals surface area contributed by atoms with Crippen molar-refractivity contribution >= 4 is 29.2 Å². The molecule has 0 fully saturated rings. The average molecular weight is 481 g/mol. The number of carbonyl (C=O) groups excluding carboxylic acids is 2. The Morgan fingerprint density at radius 3 is 2.29 bits per heavy atom. The Bertz CT molecular complexity index is 1140. The topological polar surface area (TPSA) is 67.2 Å². The fraction of sp³-hybridized carbons (Fsp3) is 0.370. The summed E-state index contributed by atoms with van der Waals surface area (Å²) in [6.07, 6.45) is 0.662. The molecule has 1 aromatic heterocycles. The fourth-order valence-corrected chi connectivity index (χ4v) is 4.02. The summed E-state index contributed by atoms with van der Waals surface area (Å²) in [5.41, 5.74) is 2.23. The molecule has 0 saturated heterocycles. The molecule has 6 nitrogen and oxygen atoms in total. The minimum absolute atomic E-state index is 0.0444. The molecule has 2 amide bonds. The van der Waals surface area contributed by atoms with Gasteiger partial charge in [-0.25, -0.2) is 4.68 Å². The van der Waals surface area contributed by atoms with Gasteiger partial charge in [0.15, 0.2) is 0 Å². The highest BCUT2D eigenvalue weighted by molar-refractivity contribution is 6.32. The summed E-state index contributed by atoms with van der Waals surface area (Å²) >= 11 is 6.42. The lowest BCUT2D eigenvalue weighted by Gasteiger charge is -2.25. The molecule has 1 atom stereocenters. The molecule has 2 aromatic carbocycles. The molecule has 1 unspecified atom stereocenters. The monoisotopic (exact) mass is 480 g/mol. The molecule has 1 heterocycles. The van der Waals surface area contributed by atoms with Crippen molar-refractivity contribution < 1.29 is 9.59 Å². The first-order valence-electron chi connectivity index (χ1n) is 11.6. The summed E-state index contributed by atoms with van der Waals surface area (Å²) in [4.78, 5) is 28.0. The number of halogens is 1. The maximum atomic E-state index is 13.3. The highest BCUT2D eigenvalue weighted by Gasteiger charge is 2.26. The van der Waals surface area contributed by atoms with Crippen LogP contribution in [0.4, 0.5) is 5.82 Å². The maximum absolute atomic E-state index is 13.3. The third-order valence-electron chi connectivity index (χ3n) is 5.76. The first kappa shape index (κ1) is 25.5. The molecule has 0 aliphatic heterocycles. The van der Waals surface area contributed by atoms with Crippen LogP contribution in [0, 0.1) is 0 Å². The van der Waals surface area contributed by atoms with Gasteiger partial charge in [-0.05, 0) is 31.0 Å². The minimum Gasteiger partial charge on any atom is -0.333 e. The van der Waals surface area contributed by atoms with Crippen LogP contribution in [-0.4, -0.2) is 39.6 Å². The van der Waals surface area contributed by atoms with Crippen molar-refractivity contribution in [2.24, 2.45) is 0 Å². The molecule has 3 rings (SSSR count). The molecular formula is C27H33ClN4O2. The second kappa shape index (κ2) is 10.9. The van der Waals surface area contributed by atoms with Crippen molar-refractivity contribution in [1.29, 1.82) is 0 Å². The molecule has 0 radical (unpaired) electrons. The van der Waals surface area contributed by atoms with Gasteiger partial charge in [0.25, 0.3) is 0 Å². The van der Waals surface area contributed by atoms with Gasteiger partial charge in [-0.3, -0.25) is 9.59 Å². The number of nitrogens with one attached hydrogen (secondary N) is 1. The van der Waals surface area contributed by atoms with Crippen molar-refractivity contribution in [2.45, 2.75) is 52.4 Å². The number of anilines is 1. The Kier molecular flexibility index (Phi) is 8.15. The van der Waals surface area contributed by atoms with E-state index >= 15 is 0 Å². The molecule has 0 spiro atoms. The normalized spacial score (nSPS) is 12.3. The number of hydrogen-bond acceptors (Lipinski definition) is 3. The largest absolute Gasteiger partial charge is 0.333 e. The second-order valence-electron chi connectivity index (χ2n) is 9.30. The molecule has 0 saturated carbocycles. The van der Waals surface area contributed by atoms with Gasteiger partial charge in [-0.15, -0.1) is 0 Å². The van der Waals surface area contributed by atoms with E-state index < -0.39 is 0 Å². The van der Waals surface area contributed by atoms with Gasteiger partial charge in [0, 0.05) is 18.0 Å². The van der Waals surface area contributed by atoms with Crippen LogP contribution in [0.25, 0.3) is 5.69 Å². The van der Waals surface area contributed by atoms with E-state index in [1.54, 1.807) is 15.6 Å². The molecule has 3 aromatic rings. The highest BCUT2D eigenvalue weighted by Crippen LogP contribution is 2.29. The molecule has 1 N–H and O–H groups in total. The van der Waals surface area contributed by atoms with Crippen LogP contribution >= 0.6 is 11.6 Å². The quantitative estimate of drug-likeness (QED) is 0.442. The van der Waals surface area contributed by atoms with Crippen LogP contribution in [0.5, 0.6) is 0 Å². The van der Waals surface area contributed by atoms with Crippen LogP contribution in [0.1, 0.15) is 58.2 Å². The number of para-hydroxylation sites is 1. The summed E-state index contributed by atoms with van der Waals surface area (Å²) < 4.78 is 1.65. The maximum Gasteiger partial charge on any atom is 0.245 e. The predicted octanol–water partition coefficient (Wildman–Crippen LogP) is 5.80. The van der Waals surface area contributed by atoms with Crippen molar-refractivity contribution in [3.05, 3.63) is 76.9 Å². The van der Waals surface area contributed by atoms with Gasteiger partial charge in [-0.1, -0.05) is 81.8 Å². The average Bonchev–Trinajstić information content (AvgIpc) is 3.23. The minimum atomic E-state index is -0.285. The van der Waals surface area contributed by atoms with Gasteiger partial charge in [-0.2, -0.15) is 5.10 Å². The zero-order valence-electron chi connectivity index (χ0n) is 20.5. The Labute approximate surface area is 206 Å². The smallest absolute Gasteiger partial charge is 0.245 e. The number of amides is 2. The summed E-state index contributed by atoms with van der Waals surface area (Å²) in [6.45, 7) is 10.4. The van der Waals surface area contributed by atoms with E-state index in [0.29, 0.717) is 29.5 Å². The Hall–Kier alpha value is -3.12. The third-order valence-corrected chi connectivity index (χ3v) is 6.08. The SMILES string of the molecule is CCC(C(=O)N(CC)CC(=O)Nc1cc(C(C)(C)C)nn1-c1ccccc1Cl)c1ccccc1. The van der Waals surface area contributed by atoms with Crippen LogP contribution in [0.2, 0.25) is 5.02 Å². The number of carbonyl (C=O) groups is 2. The van der Waals surface area contributed by atoms with E-state index in [1.165, 1.54) is 0 Å². The summed E-state index contributed by atoms with van der Waals surface area (Å²) in [5.74, 6) is -0.107. The summed E-state index contributed by atoms with van der Waals surface area (Å²) in [7, 11) is 0. The lowest BCUT2D eigenvalue weighted by molar-refractivity contribution is -0.135. The van der Waals surface area contributed by atoms with Gasteiger partial charge < -0.3 is 10.2 Å². The molecule has 180 valence electrons. The Balaban J connectivity index is 1.84. The molecule has 34 heavy (non-hydrogen) atoms. The summed E-state index contributed by atoms with van der Waals surface area (Å²) in [5, 5.41) is 8.20. The number of nitrogens with zero attached hydrogens (tertiary/aromatic N) is 3. The van der Waals surface area contributed by atoms with E-state index in [0.717, 1.165) is 11.3 Å². The standard InChI is InChI=1S/C27H33ClN4O2/c1-6-20(19-13-9-8-10-14-19)26(34)31(7-2)18-25(33)29-24-17-23(27(3,4)5)30-32(24)22-16-12-11-15-21(22)28/h8-17,20H,6-7,18H2,1-5H3,(H,29,33). The first-order chi connectivity index (χ1) is 16.2. The molecule has 7 heteroatoms. The second-order valence-corrected chi connectivity index (χ2v) is 9.71. The third kappa shape index (κ3) is 5.86. The summed E-state index contributed by atoms with van der Waals surface area (Å²) in [6, 6.07) is 18.9.